The van der Waals surface area contributed by atoms with Crippen LogP contribution < -0.4 is 14.8 Å². The Morgan fingerprint density at radius 1 is 0.897 bits per heavy atom. The predicted octanol–water partition coefficient (Wildman–Crippen LogP) is 3.49. The van der Waals surface area contributed by atoms with Crippen molar-refractivity contribution in [3.63, 3.8) is 0 Å². The van der Waals surface area contributed by atoms with Crippen LogP contribution in [-0.4, -0.2) is 20.9 Å². The minimum Gasteiger partial charge on any atom is -0.484 e. The summed E-state index contributed by atoms with van der Waals surface area (Å²) >= 11 is 0. The highest BCUT2D eigenvalue weighted by molar-refractivity contribution is 7.89. The minimum absolute atomic E-state index is 0.127. The highest BCUT2D eigenvalue weighted by Crippen LogP contribution is 2.15. The average molecular weight is 410 g/mol. The van der Waals surface area contributed by atoms with Gasteiger partial charge in [-0.3, -0.25) is 4.79 Å². The van der Waals surface area contributed by atoms with Crippen LogP contribution in [0.2, 0.25) is 0 Å². The Hall–Kier alpha value is -3.16. The first-order valence-corrected chi connectivity index (χ1v) is 10.5. The van der Waals surface area contributed by atoms with Crippen molar-refractivity contribution in [1.29, 1.82) is 0 Å². The van der Waals surface area contributed by atoms with E-state index in [1.54, 1.807) is 24.3 Å². The lowest BCUT2D eigenvalue weighted by atomic mass is 10.2. The predicted molar refractivity (Wildman–Crippen MR) is 112 cm³/mol. The Balaban J connectivity index is 1.53. The third-order valence-electron chi connectivity index (χ3n) is 4.15. The molecule has 0 radical (unpaired) electrons. The summed E-state index contributed by atoms with van der Waals surface area (Å²) < 4.78 is 32.8. The number of anilines is 1. The summed E-state index contributed by atoms with van der Waals surface area (Å²) in [4.78, 5) is 12.2. The molecule has 3 aromatic rings. The maximum atomic E-state index is 12.4. The van der Waals surface area contributed by atoms with E-state index in [0.717, 1.165) is 11.1 Å². The SMILES string of the molecule is Cc1ccc(OCC(=O)Nc2ccc(S(=O)(=O)NCc3ccccc3)cc2)cc1. The normalized spacial score (nSPS) is 11.1. The highest BCUT2D eigenvalue weighted by Gasteiger charge is 2.14. The van der Waals surface area contributed by atoms with Gasteiger partial charge < -0.3 is 10.1 Å². The lowest BCUT2D eigenvalue weighted by Gasteiger charge is -2.10. The van der Waals surface area contributed by atoms with E-state index in [1.807, 2.05) is 49.4 Å². The van der Waals surface area contributed by atoms with Crippen LogP contribution in [0.25, 0.3) is 0 Å². The summed E-state index contributed by atoms with van der Waals surface area (Å²) in [5.74, 6) is 0.278. The van der Waals surface area contributed by atoms with Crippen molar-refractivity contribution >= 4 is 21.6 Å². The molecular weight excluding hydrogens is 388 g/mol. The molecule has 1 amide bonds. The molecule has 0 fully saturated rings. The molecule has 29 heavy (non-hydrogen) atoms. The molecule has 0 unspecified atom stereocenters. The molecule has 2 N–H and O–H groups in total. The van der Waals surface area contributed by atoms with Crippen LogP contribution >= 0.6 is 0 Å². The summed E-state index contributed by atoms with van der Waals surface area (Å²) in [7, 11) is -3.64. The summed E-state index contributed by atoms with van der Waals surface area (Å²) in [6, 6.07) is 22.6. The molecule has 3 rings (SSSR count). The van der Waals surface area contributed by atoms with Gasteiger partial charge in [-0.15, -0.1) is 0 Å². The van der Waals surface area contributed by atoms with Crippen molar-refractivity contribution in [3.05, 3.63) is 90.0 Å². The molecule has 7 heteroatoms. The van der Waals surface area contributed by atoms with Crippen molar-refractivity contribution in [2.45, 2.75) is 18.4 Å². The molecule has 3 aromatic carbocycles. The van der Waals surface area contributed by atoms with Crippen molar-refractivity contribution < 1.29 is 17.9 Å². The minimum atomic E-state index is -3.64. The van der Waals surface area contributed by atoms with Gasteiger partial charge in [0.15, 0.2) is 6.61 Å². The Morgan fingerprint density at radius 2 is 1.55 bits per heavy atom. The first-order valence-electron chi connectivity index (χ1n) is 9.05. The molecule has 0 heterocycles. The van der Waals surface area contributed by atoms with Gasteiger partial charge in [-0.2, -0.15) is 0 Å². The number of aryl methyl sites for hydroxylation is 1. The van der Waals surface area contributed by atoms with Gasteiger partial charge in [-0.05, 0) is 48.9 Å². The molecular formula is C22H22N2O4S. The molecule has 0 aliphatic carbocycles. The number of benzene rings is 3. The molecule has 0 aromatic heterocycles. The molecule has 0 saturated carbocycles. The smallest absolute Gasteiger partial charge is 0.262 e. The molecule has 0 saturated heterocycles. The van der Waals surface area contributed by atoms with E-state index in [0.29, 0.717) is 11.4 Å². The molecule has 6 nitrogen and oxygen atoms in total. The number of carbonyl (C=O) groups is 1. The van der Waals surface area contributed by atoms with E-state index < -0.39 is 10.0 Å². The zero-order chi connectivity index (χ0) is 20.7. The van der Waals surface area contributed by atoms with Crippen molar-refractivity contribution in [3.8, 4) is 5.75 Å². The summed E-state index contributed by atoms with van der Waals surface area (Å²) in [6.45, 7) is 2.04. The van der Waals surface area contributed by atoms with Crippen LogP contribution in [-0.2, 0) is 21.4 Å². The molecule has 0 spiro atoms. The third-order valence-corrected chi connectivity index (χ3v) is 5.57. The molecule has 0 bridgehead atoms. The van der Waals surface area contributed by atoms with Gasteiger partial charge >= 0.3 is 0 Å². The van der Waals surface area contributed by atoms with E-state index in [4.69, 9.17) is 4.74 Å². The zero-order valence-corrected chi connectivity index (χ0v) is 16.8. The highest BCUT2D eigenvalue weighted by atomic mass is 32.2. The summed E-state index contributed by atoms with van der Waals surface area (Å²) in [6.07, 6.45) is 0. The Bertz CT molecular complexity index is 1050. The third kappa shape index (κ3) is 6.17. The maximum Gasteiger partial charge on any atom is 0.262 e. The lowest BCUT2D eigenvalue weighted by Crippen LogP contribution is -2.23. The first kappa shape index (κ1) is 20.6. The van der Waals surface area contributed by atoms with Gasteiger partial charge in [-0.25, -0.2) is 13.1 Å². The number of ether oxygens (including phenoxy) is 1. The largest absolute Gasteiger partial charge is 0.484 e. The van der Waals surface area contributed by atoms with Crippen molar-refractivity contribution in [2.75, 3.05) is 11.9 Å². The molecule has 0 aliphatic heterocycles. The number of sulfonamides is 1. The van der Waals surface area contributed by atoms with Crippen LogP contribution in [0.15, 0.2) is 83.8 Å². The Morgan fingerprint density at radius 3 is 2.21 bits per heavy atom. The van der Waals surface area contributed by atoms with E-state index in [-0.39, 0.29) is 24.0 Å². The van der Waals surface area contributed by atoms with Gasteiger partial charge in [0.25, 0.3) is 5.91 Å². The second-order valence-electron chi connectivity index (χ2n) is 6.48. The number of hydrogen-bond acceptors (Lipinski definition) is 4. The molecule has 0 atom stereocenters. The fourth-order valence-electron chi connectivity index (χ4n) is 2.56. The van der Waals surface area contributed by atoms with Crippen molar-refractivity contribution in [1.82, 2.24) is 4.72 Å². The van der Waals surface area contributed by atoms with Gasteiger partial charge in [0.2, 0.25) is 10.0 Å². The van der Waals surface area contributed by atoms with Crippen LogP contribution in [0.3, 0.4) is 0 Å². The van der Waals surface area contributed by atoms with Gasteiger partial charge in [0, 0.05) is 12.2 Å². The molecule has 0 aliphatic rings. The average Bonchev–Trinajstić information content (AvgIpc) is 2.73. The number of hydrogen-bond donors (Lipinski definition) is 2. The van der Waals surface area contributed by atoms with Gasteiger partial charge in [-0.1, -0.05) is 48.0 Å². The second kappa shape index (κ2) is 9.36. The number of carbonyl (C=O) groups excluding carboxylic acids is 1. The maximum absolute atomic E-state index is 12.4. The van der Waals surface area contributed by atoms with Crippen LogP contribution in [0.1, 0.15) is 11.1 Å². The topological polar surface area (TPSA) is 84.5 Å². The lowest BCUT2D eigenvalue weighted by molar-refractivity contribution is -0.118. The summed E-state index contributed by atoms with van der Waals surface area (Å²) in [5.41, 5.74) is 2.47. The first-order chi connectivity index (χ1) is 13.9. The quantitative estimate of drug-likeness (QED) is 0.595. The van der Waals surface area contributed by atoms with Gasteiger partial charge in [0.1, 0.15) is 5.75 Å². The number of amides is 1. The van der Waals surface area contributed by atoms with Crippen LogP contribution in [0.4, 0.5) is 5.69 Å². The van der Waals surface area contributed by atoms with Crippen LogP contribution in [0.5, 0.6) is 5.75 Å². The van der Waals surface area contributed by atoms with E-state index in [2.05, 4.69) is 10.0 Å². The number of rotatable bonds is 8. The van der Waals surface area contributed by atoms with Gasteiger partial charge in [0.05, 0.1) is 4.90 Å². The Labute approximate surface area is 170 Å². The molecule has 150 valence electrons. The zero-order valence-electron chi connectivity index (χ0n) is 16.0. The van der Waals surface area contributed by atoms with E-state index >= 15 is 0 Å². The van der Waals surface area contributed by atoms with E-state index in [1.165, 1.54) is 12.1 Å². The summed E-state index contributed by atoms with van der Waals surface area (Å²) in [5, 5.41) is 2.68. The standard InChI is InChI=1S/C22H22N2O4S/c1-17-7-11-20(12-8-17)28-16-22(25)24-19-9-13-21(14-10-19)29(26,27)23-15-18-5-3-2-4-6-18/h2-14,23H,15-16H2,1H3,(H,24,25). The second-order valence-corrected chi connectivity index (χ2v) is 8.25. The fourth-order valence-corrected chi connectivity index (χ4v) is 3.57. The van der Waals surface area contributed by atoms with Crippen molar-refractivity contribution in [2.24, 2.45) is 0 Å². The van der Waals surface area contributed by atoms with E-state index in [9.17, 15) is 13.2 Å². The van der Waals surface area contributed by atoms with Crippen LogP contribution in [0, 0.1) is 6.92 Å². The Kier molecular flexibility index (Phi) is 6.64. The number of nitrogens with one attached hydrogen (secondary N) is 2. The monoisotopic (exact) mass is 410 g/mol. The fraction of sp³-hybridized carbons (Fsp3) is 0.136.